The van der Waals surface area contributed by atoms with Crippen LogP contribution in [-0.2, 0) is 0 Å². The molecule has 0 fully saturated rings. The van der Waals surface area contributed by atoms with E-state index in [2.05, 4.69) is 121 Å². The standard InChI is InChI=1S/C32H22N2/c1-21-33-30-12-6-7-13-31(30)34(21)25-17-14-23(15-18-25)29-20-24-9-3-4-10-26(24)28-19-16-22-8-2-5-11-27(22)32(28)29/h2-20H,1H3. The van der Waals surface area contributed by atoms with Gasteiger partial charge in [-0.05, 0) is 80.7 Å². The zero-order chi connectivity index (χ0) is 22.6. The van der Waals surface area contributed by atoms with E-state index < -0.39 is 0 Å². The Morgan fingerprint density at radius 1 is 0.588 bits per heavy atom. The second-order valence-electron chi connectivity index (χ2n) is 8.88. The van der Waals surface area contributed by atoms with Gasteiger partial charge in [0.05, 0.1) is 11.0 Å². The Hall–Kier alpha value is -4.43. The van der Waals surface area contributed by atoms with Gasteiger partial charge in [0.15, 0.2) is 0 Å². The van der Waals surface area contributed by atoms with Crippen LogP contribution in [-0.4, -0.2) is 9.55 Å². The molecule has 1 heterocycles. The highest BCUT2D eigenvalue weighted by Gasteiger charge is 2.13. The number of aromatic nitrogens is 2. The molecule has 0 amide bonds. The number of benzene rings is 6. The molecule has 0 aliphatic heterocycles. The van der Waals surface area contributed by atoms with Gasteiger partial charge < -0.3 is 0 Å². The van der Waals surface area contributed by atoms with Gasteiger partial charge in [0.1, 0.15) is 5.82 Å². The molecule has 6 aromatic carbocycles. The van der Waals surface area contributed by atoms with Crippen LogP contribution >= 0.6 is 0 Å². The predicted molar refractivity (Wildman–Crippen MR) is 144 cm³/mol. The van der Waals surface area contributed by atoms with E-state index in [4.69, 9.17) is 4.98 Å². The molecule has 0 atom stereocenters. The van der Waals surface area contributed by atoms with Crippen LogP contribution in [0, 0.1) is 6.92 Å². The molecule has 2 nitrogen and oxygen atoms in total. The number of fused-ring (bicyclic) bond motifs is 6. The molecule has 1 aromatic heterocycles. The maximum absolute atomic E-state index is 4.74. The molecule has 160 valence electrons. The van der Waals surface area contributed by atoms with Crippen molar-refractivity contribution < 1.29 is 0 Å². The van der Waals surface area contributed by atoms with Crippen molar-refractivity contribution in [3.05, 3.63) is 121 Å². The van der Waals surface area contributed by atoms with Crippen LogP contribution in [0.2, 0.25) is 0 Å². The maximum Gasteiger partial charge on any atom is 0.111 e. The maximum atomic E-state index is 4.74. The average molecular weight is 435 g/mol. The molecular weight excluding hydrogens is 412 g/mol. The Morgan fingerprint density at radius 2 is 1.29 bits per heavy atom. The lowest BCUT2D eigenvalue weighted by atomic mass is 9.90. The van der Waals surface area contributed by atoms with Crippen molar-refractivity contribution in [3.8, 4) is 16.8 Å². The minimum Gasteiger partial charge on any atom is -0.297 e. The third-order valence-corrected chi connectivity index (χ3v) is 6.91. The molecule has 0 unspecified atom stereocenters. The summed E-state index contributed by atoms with van der Waals surface area (Å²) in [4.78, 5) is 4.74. The van der Waals surface area contributed by atoms with Crippen LogP contribution in [0.5, 0.6) is 0 Å². The Labute approximate surface area is 197 Å². The zero-order valence-corrected chi connectivity index (χ0v) is 18.9. The molecule has 0 aliphatic carbocycles. The Kier molecular flexibility index (Phi) is 4.09. The third-order valence-electron chi connectivity index (χ3n) is 6.91. The van der Waals surface area contributed by atoms with Crippen LogP contribution in [0.1, 0.15) is 5.82 Å². The minimum absolute atomic E-state index is 0.996. The molecule has 7 rings (SSSR count). The smallest absolute Gasteiger partial charge is 0.111 e. The van der Waals surface area contributed by atoms with Crippen molar-refractivity contribution in [2.45, 2.75) is 6.92 Å². The van der Waals surface area contributed by atoms with Crippen molar-refractivity contribution in [2.75, 3.05) is 0 Å². The summed E-state index contributed by atoms with van der Waals surface area (Å²) in [6, 6.07) is 41.5. The molecular formula is C32H22N2. The summed E-state index contributed by atoms with van der Waals surface area (Å²) in [5.74, 6) is 0.996. The van der Waals surface area contributed by atoms with Gasteiger partial charge in [0.25, 0.3) is 0 Å². The van der Waals surface area contributed by atoms with E-state index in [1.807, 2.05) is 6.07 Å². The van der Waals surface area contributed by atoms with Gasteiger partial charge in [-0.1, -0.05) is 84.9 Å². The van der Waals surface area contributed by atoms with E-state index in [0.29, 0.717) is 0 Å². The van der Waals surface area contributed by atoms with Crippen molar-refractivity contribution in [1.29, 1.82) is 0 Å². The summed E-state index contributed by atoms with van der Waals surface area (Å²) in [5, 5.41) is 7.73. The summed E-state index contributed by atoms with van der Waals surface area (Å²) >= 11 is 0. The van der Waals surface area contributed by atoms with Crippen molar-refractivity contribution in [3.63, 3.8) is 0 Å². The molecule has 0 bridgehead atoms. The highest BCUT2D eigenvalue weighted by atomic mass is 15.1. The van der Waals surface area contributed by atoms with Gasteiger partial charge in [-0.15, -0.1) is 0 Å². The lowest BCUT2D eigenvalue weighted by Crippen LogP contribution is -1.96. The van der Waals surface area contributed by atoms with E-state index in [1.165, 1.54) is 43.4 Å². The normalized spacial score (nSPS) is 11.7. The number of nitrogens with zero attached hydrogens (tertiary/aromatic N) is 2. The molecule has 0 saturated heterocycles. The van der Waals surface area contributed by atoms with Gasteiger partial charge in [0, 0.05) is 5.69 Å². The van der Waals surface area contributed by atoms with Crippen molar-refractivity contribution in [1.82, 2.24) is 9.55 Å². The largest absolute Gasteiger partial charge is 0.297 e. The SMILES string of the molecule is Cc1nc2ccccc2n1-c1ccc(-c2cc3ccccc3c3ccc4ccccc4c23)cc1. The highest BCUT2D eigenvalue weighted by molar-refractivity contribution is 6.22. The van der Waals surface area contributed by atoms with Crippen molar-refractivity contribution >= 4 is 43.4 Å². The van der Waals surface area contributed by atoms with E-state index in [1.54, 1.807) is 0 Å². The van der Waals surface area contributed by atoms with Crippen LogP contribution in [0.15, 0.2) is 115 Å². The number of aryl methyl sites for hydroxylation is 1. The summed E-state index contributed by atoms with van der Waals surface area (Å²) in [7, 11) is 0. The molecule has 0 aliphatic rings. The van der Waals surface area contributed by atoms with Gasteiger partial charge in [0.2, 0.25) is 0 Å². The molecule has 34 heavy (non-hydrogen) atoms. The fraction of sp³-hybridized carbons (Fsp3) is 0.0312. The summed E-state index contributed by atoms with van der Waals surface area (Å²) in [6.45, 7) is 2.07. The number of hydrogen-bond acceptors (Lipinski definition) is 1. The van der Waals surface area contributed by atoms with E-state index in [0.717, 1.165) is 22.5 Å². The molecule has 7 aromatic rings. The van der Waals surface area contributed by atoms with Crippen LogP contribution in [0.3, 0.4) is 0 Å². The summed E-state index contributed by atoms with van der Waals surface area (Å²) in [5.41, 5.74) is 5.78. The quantitative estimate of drug-likeness (QED) is 0.250. The van der Waals surface area contributed by atoms with E-state index in [9.17, 15) is 0 Å². The summed E-state index contributed by atoms with van der Waals surface area (Å²) in [6.07, 6.45) is 0. The Balaban J connectivity index is 1.49. The second-order valence-corrected chi connectivity index (χ2v) is 8.88. The molecule has 0 spiro atoms. The van der Waals surface area contributed by atoms with Crippen LogP contribution in [0.25, 0.3) is 60.2 Å². The topological polar surface area (TPSA) is 17.8 Å². The number of para-hydroxylation sites is 2. The van der Waals surface area contributed by atoms with E-state index in [-0.39, 0.29) is 0 Å². The monoisotopic (exact) mass is 434 g/mol. The Bertz CT molecular complexity index is 1860. The van der Waals surface area contributed by atoms with Gasteiger partial charge >= 0.3 is 0 Å². The lowest BCUT2D eigenvalue weighted by molar-refractivity contribution is 1.00. The van der Waals surface area contributed by atoms with Gasteiger partial charge in [-0.2, -0.15) is 0 Å². The number of rotatable bonds is 2. The van der Waals surface area contributed by atoms with Gasteiger partial charge in [-0.25, -0.2) is 4.98 Å². The number of hydrogen-bond donors (Lipinski definition) is 0. The molecule has 2 heteroatoms. The first-order valence-corrected chi connectivity index (χ1v) is 11.7. The Morgan fingerprint density at radius 3 is 2.15 bits per heavy atom. The average Bonchev–Trinajstić information content (AvgIpc) is 3.23. The van der Waals surface area contributed by atoms with E-state index >= 15 is 0 Å². The first-order chi connectivity index (χ1) is 16.8. The minimum atomic E-state index is 0.996. The molecule has 0 N–H and O–H groups in total. The predicted octanol–water partition coefficient (Wildman–Crippen LogP) is 8.46. The molecule has 0 radical (unpaired) electrons. The highest BCUT2D eigenvalue weighted by Crippen LogP contribution is 2.39. The fourth-order valence-corrected chi connectivity index (χ4v) is 5.37. The van der Waals surface area contributed by atoms with Gasteiger partial charge in [-0.3, -0.25) is 4.57 Å². The zero-order valence-electron chi connectivity index (χ0n) is 18.9. The first-order valence-electron chi connectivity index (χ1n) is 11.7. The third kappa shape index (κ3) is 2.79. The molecule has 0 saturated carbocycles. The number of imidazole rings is 1. The van der Waals surface area contributed by atoms with Crippen LogP contribution < -0.4 is 0 Å². The second kappa shape index (κ2) is 7.29. The fourth-order valence-electron chi connectivity index (χ4n) is 5.37. The van der Waals surface area contributed by atoms with Crippen molar-refractivity contribution in [2.24, 2.45) is 0 Å². The lowest BCUT2D eigenvalue weighted by Gasteiger charge is -2.15. The first kappa shape index (κ1) is 19.1. The van der Waals surface area contributed by atoms with Crippen LogP contribution in [0.4, 0.5) is 0 Å². The summed E-state index contributed by atoms with van der Waals surface area (Å²) < 4.78 is 2.23.